The number of rotatable bonds is 8. The van der Waals surface area contributed by atoms with Crippen LogP contribution in [0.5, 0.6) is 11.5 Å². The number of unbranched alkanes of at least 4 members (excludes halogenated alkanes) is 2. The van der Waals surface area contributed by atoms with Crippen LogP contribution in [0.4, 0.5) is 0 Å². The van der Waals surface area contributed by atoms with E-state index in [-0.39, 0.29) is 0 Å². The van der Waals surface area contributed by atoms with Crippen LogP contribution in [0.3, 0.4) is 0 Å². The smallest absolute Gasteiger partial charge is 0.119 e. The highest BCUT2D eigenvalue weighted by Gasteiger charge is 2.16. The number of ether oxygens (including phenoxy) is 2. The summed E-state index contributed by atoms with van der Waals surface area (Å²) in [5, 5.41) is 1.24. The largest absolute Gasteiger partial charge is 0.497 e. The highest BCUT2D eigenvalue weighted by molar-refractivity contribution is 5.92. The van der Waals surface area contributed by atoms with Crippen LogP contribution >= 0.6 is 0 Å². The second kappa shape index (κ2) is 8.28. The fourth-order valence-corrected chi connectivity index (χ4v) is 3.57. The summed E-state index contributed by atoms with van der Waals surface area (Å²) in [4.78, 5) is 0. The zero-order valence-electron chi connectivity index (χ0n) is 15.9. The van der Waals surface area contributed by atoms with E-state index in [2.05, 4.69) is 35.8 Å². The first-order chi connectivity index (χ1) is 12.7. The molecule has 138 valence electrons. The molecule has 1 heterocycles. The van der Waals surface area contributed by atoms with Gasteiger partial charge < -0.3 is 19.8 Å². The normalized spacial score (nSPS) is 11.1. The Balaban J connectivity index is 2.09. The summed E-state index contributed by atoms with van der Waals surface area (Å²) in [5.41, 5.74) is 10.7. The van der Waals surface area contributed by atoms with Gasteiger partial charge in [0.05, 0.1) is 19.9 Å². The zero-order valence-corrected chi connectivity index (χ0v) is 15.9. The molecule has 0 saturated heterocycles. The molecule has 3 aromatic rings. The molecular formula is C22H28N2O2. The maximum Gasteiger partial charge on any atom is 0.119 e. The van der Waals surface area contributed by atoms with E-state index in [0.717, 1.165) is 43.9 Å². The highest BCUT2D eigenvalue weighted by atomic mass is 16.5. The minimum atomic E-state index is 0.758. The van der Waals surface area contributed by atoms with Crippen LogP contribution in [0.1, 0.15) is 24.8 Å². The molecule has 4 nitrogen and oxygen atoms in total. The van der Waals surface area contributed by atoms with Crippen molar-refractivity contribution in [2.24, 2.45) is 5.73 Å². The monoisotopic (exact) mass is 352 g/mol. The van der Waals surface area contributed by atoms with Gasteiger partial charge in [-0.1, -0.05) is 6.42 Å². The molecule has 2 N–H and O–H groups in total. The van der Waals surface area contributed by atoms with Gasteiger partial charge >= 0.3 is 0 Å². The van der Waals surface area contributed by atoms with Crippen molar-refractivity contribution in [2.75, 3.05) is 20.8 Å². The van der Waals surface area contributed by atoms with Gasteiger partial charge in [0, 0.05) is 17.4 Å². The first kappa shape index (κ1) is 18.3. The van der Waals surface area contributed by atoms with Gasteiger partial charge in [0.2, 0.25) is 0 Å². The first-order valence-electron chi connectivity index (χ1n) is 9.21. The molecule has 0 unspecified atom stereocenters. The van der Waals surface area contributed by atoms with Gasteiger partial charge in [0.25, 0.3) is 0 Å². The van der Waals surface area contributed by atoms with Crippen LogP contribution in [0.15, 0.2) is 42.5 Å². The van der Waals surface area contributed by atoms with Gasteiger partial charge in [0.15, 0.2) is 0 Å². The Bertz CT molecular complexity index is 866. The summed E-state index contributed by atoms with van der Waals surface area (Å²) in [6.07, 6.45) is 3.34. The van der Waals surface area contributed by atoms with Gasteiger partial charge in [-0.25, -0.2) is 0 Å². The third-order valence-electron chi connectivity index (χ3n) is 4.97. The molecule has 0 amide bonds. The van der Waals surface area contributed by atoms with E-state index < -0.39 is 0 Å². The molecule has 0 bridgehead atoms. The van der Waals surface area contributed by atoms with E-state index >= 15 is 0 Å². The summed E-state index contributed by atoms with van der Waals surface area (Å²) in [5.74, 6) is 1.76. The van der Waals surface area contributed by atoms with E-state index in [1.807, 2.05) is 18.2 Å². The molecule has 2 aromatic carbocycles. The standard InChI is InChI=1S/C22H28N2O2/c1-16-20-15-19(26-3)11-12-21(20)24(14-6-4-5-13-23)22(16)17-7-9-18(25-2)10-8-17/h7-12,15H,4-6,13-14,23H2,1-3H3. The Morgan fingerprint density at radius 2 is 1.58 bits per heavy atom. The zero-order chi connectivity index (χ0) is 18.5. The Kier molecular flexibility index (Phi) is 5.84. The van der Waals surface area contributed by atoms with E-state index in [4.69, 9.17) is 15.2 Å². The summed E-state index contributed by atoms with van der Waals surface area (Å²) in [6.45, 7) is 3.93. The Morgan fingerprint density at radius 3 is 2.23 bits per heavy atom. The summed E-state index contributed by atoms with van der Waals surface area (Å²) >= 11 is 0. The lowest BCUT2D eigenvalue weighted by Gasteiger charge is -2.12. The third kappa shape index (κ3) is 3.56. The lowest BCUT2D eigenvalue weighted by atomic mass is 10.1. The minimum Gasteiger partial charge on any atom is -0.497 e. The molecule has 0 atom stereocenters. The lowest BCUT2D eigenvalue weighted by Crippen LogP contribution is -2.03. The maximum atomic E-state index is 5.65. The predicted molar refractivity (Wildman–Crippen MR) is 108 cm³/mol. The number of benzene rings is 2. The SMILES string of the molecule is COc1ccc(-c2c(C)c3cc(OC)ccc3n2CCCCCN)cc1. The van der Waals surface area contributed by atoms with Crippen LogP contribution < -0.4 is 15.2 Å². The predicted octanol–water partition coefficient (Wildman–Crippen LogP) is 4.76. The molecule has 0 aliphatic carbocycles. The van der Waals surface area contributed by atoms with Gasteiger partial charge in [-0.2, -0.15) is 0 Å². The van der Waals surface area contributed by atoms with Crippen LogP contribution in [0, 0.1) is 6.92 Å². The molecule has 0 spiro atoms. The van der Waals surface area contributed by atoms with Gasteiger partial charge in [0.1, 0.15) is 11.5 Å². The average Bonchev–Trinajstić information content (AvgIpc) is 2.96. The van der Waals surface area contributed by atoms with Crippen molar-refractivity contribution in [1.82, 2.24) is 4.57 Å². The van der Waals surface area contributed by atoms with E-state index in [1.54, 1.807) is 14.2 Å². The van der Waals surface area contributed by atoms with Crippen LogP contribution in [0.25, 0.3) is 22.2 Å². The van der Waals surface area contributed by atoms with Crippen molar-refractivity contribution in [3.8, 4) is 22.8 Å². The Hall–Kier alpha value is -2.46. The van der Waals surface area contributed by atoms with Crippen LogP contribution in [-0.4, -0.2) is 25.3 Å². The fraction of sp³-hybridized carbons (Fsp3) is 0.364. The molecule has 0 saturated carbocycles. The lowest BCUT2D eigenvalue weighted by molar-refractivity contribution is 0.415. The third-order valence-corrected chi connectivity index (χ3v) is 4.97. The second-order valence-corrected chi connectivity index (χ2v) is 6.59. The Morgan fingerprint density at radius 1 is 0.885 bits per heavy atom. The number of methoxy groups -OCH3 is 2. The van der Waals surface area contributed by atoms with Crippen molar-refractivity contribution in [3.05, 3.63) is 48.0 Å². The van der Waals surface area contributed by atoms with Crippen molar-refractivity contribution in [1.29, 1.82) is 0 Å². The molecular weight excluding hydrogens is 324 g/mol. The van der Waals surface area contributed by atoms with Gasteiger partial charge in [-0.15, -0.1) is 0 Å². The molecule has 0 aliphatic heterocycles. The van der Waals surface area contributed by atoms with Gasteiger partial charge in [-0.05, 0) is 79.9 Å². The van der Waals surface area contributed by atoms with Crippen molar-refractivity contribution >= 4 is 10.9 Å². The number of fused-ring (bicyclic) bond motifs is 1. The number of aryl methyl sites for hydroxylation is 2. The molecule has 0 fully saturated rings. The first-order valence-corrected chi connectivity index (χ1v) is 9.21. The molecule has 4 heteroatoms. The van der Waals surface area contributed by atoms with Crippen molar-refractivity contribution in [2.45, 2.75) is 32.7 Å². The van der Waals surface area contributed by atoms with Gasteiger partial charge in [-0.3, -0.25) is 0 Å². The quantitative estimate of drug-likeness (QED) is 0.595. The van der Waals surface area contributed by atoms with E-state index in [0.29, 0.717) is 0 Å². The number of nitrogens with two attached hydrogens (primary N) is 1. The minimum absolute atomic E-state index is 0.758. The summed E-state index contributed by atoms with van der Waals surface area (Å²) in [7, 11) is 3.41. The number of nitrogens with zero attached hydrogens (tertiary/aromatic N) is 1. The highest BCUT2D eigenvalue weighted by Crippen LogP contribution is 2.36. The Labute approximate surface area is 155 Å². The average molecular weight is 352 g/mol. The fourth-order valence-electron chi connectivity index (χ4n) is 3.57. The number of hydrogen-bond donors (Lipinski definition) is 1. The van der Waals surface area contributed by atoms with E-state index in [9.17, 15) is 0 Å². The molecule has 0 radical (unpaired) electrons. The maximum absolute atomic E-state index is 5.65. The second-order valence-electron chi connectivity index (χ2n) is 6.59. The number of hydrogen-bond acceptors (Lipinski definition) is 3. The molecule has 3 rings (SSSR count). The van der Waals surface area contributed by atoms with Crippen molar-refractivity contribution in [3.63, 3.8) is 0 Å². The molecule has 26 heavy (non-hydrogen) atoms. The molecule has 0 aliphatic rings. The summed E-state index contributed by atoms with van der Waals surface area (Å²) < 4.78 is 13.2. The van der Waals surface area contributed by atoms with Crippen LogP contribution in [0.2, 0.25) is 0 Å². The van der Waals surface area contributed by atoms with E-state index in [1.165, 1.54) is 27.7 Å². The summed E-state index contributed by atoms with van der Waals surface area (Å²) in [6, 6.07) is 14.6. The molecule has 1 aromatic heterocycles. The van der Waals surface area contributed by atoms with Crippen LogP contribution in [-0.2, 0) is 6.54 Å². The topological polar surface area (TPSA) is 49.4 Å². The number of aromatic nitrogens is 1. The van der Waals surface area contributed by atoms with Crippen molar-refractivity contribution < 1.29 is 9.47 Å².